The highest BCUT2D eigenvalue weighted by atomic mass is 19.1. The molecule has 0 spiro atoms. The Labute approximate surface area is 190 Å². The van der Waals surface area contributed by atoms with Gasteiger partial charge in [-0.25, -0.2) is 4.39 Å². The third-order valence-electron chi connectivity index (χ3n) is 7.22. The number of hydrogen-bond acceptors (Lipinski definition) is 3. The summed E-state index contributed by atoms with van der Waals surface area (Å²) < 4.78 is 21.5. The predicted molar refractivity (Wildman–Crippen MR) is 124 cm³/mol. The van der Waals surface area contributed by atoms with Gasteiger partial charge in [0.2, 0.25) is 0 Å². The van der Waals surface area contributed by atoms with E-state index in [-0.39, 0.29) is 17.8 Å². The van der Waals surface area contributed by atoms with Crippen LogP contribution in [-0.4, -0.2) is 35.2 Å². The van der Waals surface area contributed by atoms with Gasteiger partial charge in [0.15, 0.2) is 0 Å². The van der Waals surface area contributed by atoms with E-state index in [9.17, 15) is 9.90 Å². The van der Waals surface area contributed by atoms with Crippen molar-refractivity contribution in [1.82, 2.24) is 4.90 Å². The maximum absolute atomic E-state index is 15.3. The molecular formula is C27H34FNO3. The molecule has 2 fully saturated rings. The summed E-state index contributed by atoms with van der Waals surface area (Å²) in [6.45, 7) is 6.20. The number of benzene rings is 2. The molecule has 2 aromatic rings. The van der Waals surface area contributed by atoms with Crippen molar-refractivity contribution in [2.75, 3.05) is 13.1 Å². The lowest BCUT2D eigenvalue weighted by Gasteiger charge is -2.31. The van der Waals surface area contributed by atoms with Crippen LogP contribution in [0.2, 0.25) is 0 Å². The first-order valence-corrected chi connectivity index (χ1v) is 11.9. The molecular weight excluding hydrogens is 405 g/mol. The van der Waals surface area contributed by atoms with Gasteiger partial charge in [0, 0.05) is 24.2 Å². The molecule has 1 atom stereocenters. The summed E-state index contributed by atoms with van der Waals surface area (Å²) in [5.41, 5.74) is 2.00. The fourth-order valence-electron chi connectivity index (χ4n) is 5.12. The summed E-state index contributed by atoms with van der Waals surface area (Å²) >= 11 is 0. The van der Waals surface area contributed by atoms with Gasteiger partial charge in [-0.05, 0) is 68.2 Å². The average molecular weight is 440 g/mol. The second-order valence-corrected chi connectivity index (χ2v) is 9.76. The van der Waals surface area contributed by atoms with Gasteiger partial charge in [0.1, 0.15) is 11.6 Å². The number of carbonyl (C=O) groups is 1. The van der Waals surface area contributed by atoms with Crippen LogP contribution in [0.5, 0.6) is 5.75 Å². The number of ether oxygens (including phenoxy) is 1. The normalized spacial score (nSPS) is 24.1. The van der Waals surface area contributed by atoms with Crippen LogP contribution < -0.4 is 4.74 Å². The third-order valence-corrected chi connectivity index (χ3v) is 7.22. The van der Waals surface area contributed by atoms with E-state index in [1.54, 1.807) is 12.1 Å². The summed E-state index contributed by atoms with van der Waals surface area (Å²) in [6, 6.07) is 13.2. The van der Waals surface area contributed by atoms with Crippen molar-refractivity contribution in [2.24, 2.45) is 17.8 Å². The minimum atomic E-state index is -0.767. The first-order chi connectivity index (χ1) is 15.4. The molecule has 1 saturated heterocycles. The van der Waals surface area contributed by atoms with Crippen molar-refractivity contribution in [3.63, 3.8) is 0 Å². The lowest BCUT2D eigenvalue weighted by Crippen LogP contribution is -2.26. The second kappa shape index (κ2) is 10.0. The van der Waals surface area contributed by atoms with Gasteiger partial charge >= 0.3 is 5.97 Å². The van der Waals surface area contributed by atoms with Gasteiger partial charge in [-0.15, -0.1) is 0 Å². The third kappa shape index (κ3) is 5.32. The Hall–Kier alpha value is -2.40. The molecule has 2 aliphatic rings. The number of hydrogen-bond donors (Lipinski definition) is 1. The maximum atomic E-state index is 15.3. The Morgan fingerprint density at radius 3 is 2.44 bits per heavy atom. The summed E-state index contributed by atoms with van der Waals surface area (Å²) in [5, 5.41) is 9.19. The Balaban J connectivity index is 1.39. The van der Waals surface area contributed by atoms with E-state index in [1.807, 2.05) is 35.2 Å². The minimum absolute atomic E-state index is 0.230. The van der Waals surface area contributed by atoms with E-state index in [2.05, 4.69) is 13.8 Å². The summed E-state index contributed by atoms with van der Waals surface area (Å²) in [4.78, 5) is 13.2. The zero-order valence-electron chi connectivity index (χ0n) is 19.1. The molecule has 1 saturated carbocycles. The van der Waals surface area contributed by atoms with Gasteiger partial charge in [-0.1, -0.05) is 44.2 Å². The van der Waals surface area contributed by atoms with E-state index in [4.69, 9.17) is 4.74 Å². The zero-order valence-corrected chi connectivity index (χ0v) is 19.1. The number of rotatable bonds is 7. The topological polar surface area (TPSA) is 49.8 Å². The summed E-state index contributed by atoms with van der Waals surface area (Å²) in [7, 11) is 0. The molecule has 1 heterocycles. The first-order valence-electron chi connectivity index (χ1n) is 11.9. The van der Waals surface area contributed by atoms with Gasteiger partial charge in [-0.3, -0.25) is 9.69 Å². The van der Waals surface area contributed by atoms with E-state index >= 15 is 4.39 Å². The number of aliphatic carboxylic acids is 1. The highest BCUT2D eigenvalue weighted by Gasteiger charge is 2.28. The highest BCUT2D eigenvalue weighted by Crippen LogP contribution is 2.33. The molecule has 0 bridgehead atoms. The predicted octanol–water partition coefficient (Wildman–Crippen LogP) is 5.99. The smallest absolute Gasteiger partial charge is 0.307 e. The van der Waals surface area contributed by atoms with Crippen molar-refractivity contribution in [2.45, 2.75) is 58.6 Å². The van der Waals surface area contributed by atoms with Crippen molar-refractivity contribution in [3.05, 3.63) is 53.8 Å². The molecule has 0 radical (unpaired) electrons. The standard InChI is InChI=1S/C27H34FNO3/c1-18(2)19-6-10-23(11-7-19)32-24-12-8-20(9-13-24)25-5-3-4-21(26(25)28)16-29-15-14-22(17-29)27(30)31/h3-5,8-9,12-13,18-19,22-23H,6-7,10-11,14-17H2,1-2H3,(H,30,31). The van der Waals surface area contributed by atoms with Crippen LogP contribution >= 0.6 is 0 Å². The van der Waals surface area contributed by atoms with Crippen LogP contribution in [0, 0.1) is 23.6 Å². The molecule has 1 N–H and O–H groups in total. The van der Waals surface area contributed by atoms with Gasteiger partial charge < -0.3 is 9.84 Å². The SMILES string of the molecule is CC(C)C1CCC(Oc2ccc(-c3cccc(CN4CCC(C(=O)O)C4)c3F)cc2)CC1. The molecule has 1 aliphatic carbocycles. The van der Waals surface area contributed by atoms with Gasteiger partial charge in [0.05, 0.1) is 12.0 Å². The lowest BCUT2D eigenvalue weighted by molar-refractivity contribution is -0.141. The Bertz CT molecular complexity index is 919. The van der Waals surface area contributed by atoms with Crippen molar-refractivity contribution in [1.29, 1.82) is 0 Å². The van der Waals surface area contributed by atoms with Crippen LogP contribution in [0.4, 0.5) is 4.39 Å². The van der Waals surface area contributed by atoms with Crippen molar-refractivity contribution in [3.8, 4) is 16.9 Å². The average Bonchev–Trinajstić information content (AvgIpc) is 3.25. The molecule has 0 amide bonds. The highest BCUT2D eigenvalue weighted by molar-refractivity contribution is 5.70. The van der Waals surface area contributed by atoms with Crippen molar-refractivity contribution < 1.29 is 19.0 Å². The fraction of sp³-hybridized carbons (Fsp3) is 0.519. The molecule has 5 heteroatoms. The number of carboxylic acids is 1. The minimum Gasteiger partial charge on any atom is -0.490 e. The Morgan fingerprint density at radius 1 is 1.09 bits per heavy atom. The number of likely N-dealkylation sites (tertiary alicyclic amines) is 1. The summed E-state index contributed by atoms with van der Waals surface area (Å²) in [6.07, 6.45) is 5.54. The van der Waals surface area contributed by atoms with Crippen LogP contribution in [-0.2, 0) is 11.3 Å². The largest absolute Gasteiger partial charge is 0.490 e. The quantitative estimate of drug-likeness (QED) is 0.575. The van der Waals surface area contributed by atoms with E-state index in [1.165, 1.54) is 12.8 Å². The van der Waals surface area contributed by atoms with Gasteiger partial charge in [0.25, 0.3) is 0 Å². The maximum Gasteiger partial charge on any atom is 0.307 e. The monoisotopic (exact) mass is 439 g/mol. The molecule has 4 rings (SSSR count). The Morgan fingerprint density at radius 2 is 1.81 bits per heavy atom. The first kappa shape index (κ1) is 22.8. The molecule has 4 nitrogen and oxygen atoms in total. The van der Waals surface area contributed by atoms with Crippen LogP contribution in [0.25, 0.3) is 11.1 Å². The number of carboxylic acid groups (broad SMARTS) is 1. The lowest BCUT2D eigenvalue weighted by atomic mass is 9.80. The molecule has 1 aliphatic heterocycles. The van der Waals surface area contributed by atoms with Crippen molar-refractivity contribution >= 4 is 5.97 Å². The zero-order chi connectivity index (χ0) is 22.7. The fourth-order valence-corrected chi connectivity index (χ4v) is 5.12. The number of halogens is 1. The van der Waals surface area contributed by atoms with Crippen LogP contribution in [0.1, 0.15) is 51.5 Å². The Kier molecular flexibility index (Phi) is 7.14. The molecule has 0 aromatic heterocycles. The van der Waals surface area contributed by atoms with Crippen LogP contribution in [0.3, 0.4) is 0 Å². The molecule has 32 heavy (non-hydrogen) atoms. The van der Waals surface area contributed by atoms with Crippen LogP contribution in [0.15, 0.2) is 42.5 Å². The summed E-state index contributed by atoms with van der Waals surface area (Å²) in [5.74, 6) is 1.04. The van der Waals surface area contributed by atoms with E-state index < -0.39 is 5.97 Å². The number of nitrogens with zero attached hydrogens (tertiary/aromatic N) is 1. The van der Waals surface area contributed by atoms with E-state index in [0.717, 1.165) is 36.0 Å². The molecule has 2 aromatic carbocycles. The second-order valence-electron chi connectivity index (χ2n) is 9.76. The van der Waals surface area contributed by atoms with E-state index in [0.29, 0.717) is 37.2 Å². The van der Waals surface area contributed by atoms with Gasteiger partial charge in [-0.2, -0.15) is 0 Å². The molecule has 172 valence electrons. The molecule has 1 unspecified atom stereocenters.